The Morgan fingerprint density at radius 1 is 1.00 bits per heavy atom. The van der Waals surface area contributed by atoms with Gasteiger partial charge in [-0.15, -0.1) is 0 Å². The highest BCUT2D eigenvalue weighted by Gasteiger charge is 2.01. The summed E-state index contributed by atoms with van der Waals surface area (Å²) >= 11 is 0. The predicted octanol–water partition coefficient (Wildman–Crippen LogP) is 2.06. The SMILES string of the molecule is CCN(CC)CCNCCN(C)c1ccc(OC)cc1. The average Bonchev–Trinajstić information content (AvgIpc) is 2.50. The molecule has 0 aliphatic heterocycles. The van der Waals surface area contributed by atoms with E-state index in [1.165, 1.54) is 5.69 Å². The number of ether oxygens (including phenoxy) is 1. The van der Waals surface area contributed by atoms with E-state index < -0.39 is 0 Å². The molecule has 1 aromatic rings. The third-order valence-corrected chi connectivity index (χ3v) is 3.64. The fourth-order valence-electron chi connectivity index (χ4n) is 2.11. The van der Waals surface area contributed by atoms with Crippen LogP contribution < -0.4 is 15.0 Å². The highest BCUT2D eigenvalue weighted by atomic mass is 16.5. The number of methoxy groups -OCH3 is 1. The lowest BCUT2D eigenvalue weighted by Gasteiger charge is -2.21. The van der Waals surface area contributed by atoms with Crippen molar-refractivity contribution in [3.05, 3.63) is 24.3 Å². The van der Waals surface area contributed by atoms with E-state index in [-0.39, 0.29) is 0 Å². The fraction of sp³-hybridized carbons (Fsp3) is 0.625. The molecule has 1 N–H and O–H groups in total. The van der Waals surface area contributed by atoms with Crippen LogP contribution in [0.4, 0.5) is 5.69 Å². The van der Waals surface area contributed by atoms with Gasteiger partial charge in [0.25, 0.3) is 0 Å². The molecule has 0 atom stereocenters. The maximum absolute atomic E-state index is 5.17. The Kier molecular flexibility index (Phi) is 8.07. The van der Waals surface area contributed by atoms with Crippen LogP contribution >= 0.6 is 0 Å². The molecule has 0 spiro atoms. The third-order valence-electron chi connectivity index (χ3n) is 3.64. The highest BCUT2D eigenvalue weighted by molar-refractivity contribution is 5.48. The smallest absolute Gasteiger partial charge is 0.119 e. The van der Waals surface area contributed by atoms with Gasteiger partial charge >= 0.3 is 0 Å². The van der Waals surface area contributed by atoms with Crippen LogP contribution in [0.2, 0.25) is 0 Å². The van der Waals surface area contributed by atoms with Crippen molar-refractivity contribution in [3.63, 3.8) is 0 Å². The molecule has 0 bridgehead atoms. The Hall–Kier alpha value is -1.26. The van der Waals surface area contributed by atoms with E-state index in [1.807, 2.05) is 12.1 Å². The maximum atomic E-state index is 5.17. The molecular formula is C16H29N3O. The Morgan fingerprint density at radius 3 is 2.15 bits per heavy atom. The van der Waals surface area contributed by atoms with Gasteiger partial charge in [-0.3, -0.25) is 0 Å². The van der Waals surface area contributed by atoms with Gasteiger partial charge in [0.1, 0.15) is 5.75 Å². The van der Waals surface area contributed by atoms with Crippen LogP contribution in [0, 0.1) is 0 Å². The number of hydrogen-bond donors (Lipinski definition) is 1. The Bertz CT molecular complexity index is 349. The van der Waals surface area contributed by atoms with E-state index in [1.54, 1.807) is 7.11 Å². The minimum atomic E-state index is 0.902. The summed E-state index contributed by atoms with van der Waals surface area (Å²) in [6, 6.07) is 8.18. The molecule has 0 fully saturated rings. The van der Waals surface area contributed by atoms with Gasteiger partial charge in [0, 0.05) is 38.9 Å². The lowest BCUT2D eigenvalue weighted by molar-refractivity contribution is 0.303. The largest absolute Gasteiger partial charge is 0.497 e. The molecule has 0 aliphatic rings. The molecule has 0 heterocycles. The minimum absolute atomic E-state index is 0.902. The van der Waals surface area contributed by atoms with Crippen LogP contribution in [-0.2, 0) is 0 Å². The van der Waals surface area contributed by atoms with E-state index in [0.717, 1.165) is 45.0 Å². The summed E-state index contributed by atoms with van der Waals surface area (Å²) < 4.78 is 5.17. The van der Waals surface area contributed by atoms with Crippen molar-refractivity contribution in [2.45, 2.75) is 13.8 Å². The van der Waals surface area contributed by atoms with Crippen LogP contribution in [-0.4, -0.2) is 58.3 Å². The predicted molar refractivity (Wildman–Crippen MR) is 86.9 cm³/mol. The van der Waals surface area contributed by atoms with Crippen LogP contribution in [0.25, 0.3) is 0 Å². The second kappa shape index (κ2) is 9.61. The second-order valence-electron chi connectivity index (χ2n) is 4.90. The van der Waals surface area contributed by atoms with Crippen LogP contribution in [0.3, 0.4) is 0 Å². The van der Waals surface area contributed by atoms with Gasteiger partial charge in [-0.05, 0) is 37.4 Å². The molecule has 0 amide bonds. The Balaban J connectivity index is 2.20. The molecule has 0 aromatic heterocycles. The van der Waals surface area contributed by atoms with Gasteiger partial charge in [0.05, 0.1) is 7.11 Å². The Labute approximate surface area is 123 Å². The van der Waals surface area contributed by atoms with Crippen molar-refractivity contribution in [2.24, 2.45) is 0 Å². The quantitative estimate of drug-likeness (QED) is 0.664. The van der Waals surface area contributed by atoms with Gasteiger partial charge in [-0.2, -0.15) is 0 Å². The molecule has 4 heteroatoms. The number of rotatable bonds is 10. The van der Waals surface area contributed by atoms with E-state index in [0.29, 0.717) is 0 Å². The zero-order chi connectivity index (χ0) is 14.8. The average molecular weight is 279 g/mol. The highest BCUT2D eigenvalue weighted by Crippen LogP contribution is 2.17. The number of nitrogens with one attached hydrogen (secondary N) is 1. The summed E-state index contributed by atoms with van der Waals surface area (Å²) in [5.74, 6) is 0.902. The van der Waals surface area contributed by atoms with E-state index in [9.17, 15) is 0 Å². The normalized spacial score (nSPS) is 10.8. The molecule has 1 rings (SSSR count). The summed E-state index contributed by atoms with van der Waals surface area (Å²) in [5, 5.41) is 3.50. The molecule has 0 saturated heterocycles. The van der Waals surface area contributed by atoms with Crippen molar-refractivity contribution < 1.29 is 4.74 Å². The molecule has 1 aromatic carbocycles. The number of benzene rings is 1. The molecule has 114 valence electrons. The molecule has 0 aliphatic carbocycles. The molecule has 4 nitrogen and oxygen atoms in total. The topological polar surface area (TPSA) is 27.7 Å². The Morgan fingerprint density at radius 2 is 1.60 bits per heavy atom. The van der Waals surface area contributed by atoms with Crippen molar-refractivity contribution >= 4 is 5.69 Å². The number of anilines is 1. The third kappa shape index (κ3) is 5.80. The molecule has 20 heavy (non-hydrogen) atoms. The summed E-state index contributed by atoms with van der Waals surface area (Å²) in [6.45, 7) is 10.9. The lowest BCUT2D eigenvalue weighted by atomic mass is 10.3. The monoisotopic (exact) mass is 279 g/mol. The summed E-state index contributed by atoms with van der Waals surface area (Å²) in [5.41, 5.74) is 1.22. The minimum Gasteiger partial charge on any atom is -0.497 e. The van der Waals surface area contributed by atoms with Gasteiger partial charge in [-0.25, -0.2) is 0 Å². The second-order valence-corrected chi connectivity index (χ2v) is 4.90. The summed E-state index contributed by atoms with van der Waals surface area (Å²) in [4.78, 5) is 4.68. The van der Waals surface area contributed by atoms with Crippen molar-refractivity contribution in [3.8, 4) is 5.75 Å². The van der Waals surface area contributed by atoms with Crippen LogP contribution in [0.5, 0.6) is 5.75 Å². The van der Waals surface area contributed by atoms with Crippen molar-refractivity contribution in [1.29, 1.82) is 0 Å². The number of hydrogen-bond acceptors (Lipinski definition) is 4. The van der Waals surface area contributed by atoms with Crippen LogP contribution in [0.15, 0.2) is 24.3 Å². The first-order valence-corrected chi connectivity index (χ1v) is 7.49. The molecule has 0 unspecified atom stereocenters. The van der Waals surface area contributed by atoms with E-state index in [2.05, 4.69) is 48.1 Å². The first-order valence-electron chi connectivity index (χ1n) is 7.49. The van der Waals surface area contributed by atoms with Gasteiger partial charge in [0.2, 0.25) is 0 Å². The van der Waals surface area contributed by atoms with E-state index in [4.69, 9.17) is 4.74 Å². The first kappa shape index (κ1) is 16.8. The summed E-state index contributed by atoms with van der Waals surface area (Å²) in [6.07, 6.45) is 0. The van der Waals surface area contributed by atoms with Crippen LogP contribution in [0.1, 0.15) is 13.8 Å². The number of likely N-dealkylation sites (N-methyl/N-ethyl adjacent to an activating group) is 2. The zero-order valence-corrected chi connectivity index (χ0v) is 13.4. The first-order chi connectivity index (χ1) is 9.71. The zero-order valence-electron chi connectivity index (χ0n) is 13.4. The lowest BCUT2D eigenvalue weighted by Crippen LogP contribution is -2.35. The number of nitrogens with zero attached hydrogens (tertiary/aromatic N) is 2. The maximum Gasteiger partial charge on any atom is 0.119 e. The van der Waals surface area contributed by atoms with Gasteiger partial charge in [0.15, 0.2) is 0 Å². The molecular weight excluding hydrogens is 250 g/mol. The van der Waals surface area contributed by atoms with Gasteiger partial charge < -0.3 is 19.9 Å². The standard InChI is InChI=1S/C16H29N3O/c1-5-19(6-2)14-12-17-11-13-18(3)15-7-9-16(20-4)10-8-15/h7-10,17H,5-6,11-14H2,1-4H3. The van der Waals surface area contributed by atoms with Crippen molar-refractivity contribution in [2.75, 3.05) is 58.3 Å². The molecule has 0 saturated carbocycles. The van der Waals surface area contributed by atoms with Crippen molar-refractivity contribution in [1.82, 2.24) is 10.2 Å². The van der Waals surface area contributed by atoms with E-state index >= 15 is 0 Å². The fourth-order valence-corrected chi connectivity index (χ4v) is 2.11. The summed E-state index contributed by atoms with van der Waals surface area (Å²) in [7, 11) is 3.81. The molecule has 0 radical (unpaired) electrons. The van der Waals surface area contributed by atoms with Gasteiger partial charge in [-0.1, -0.05) is 13.8 Å².